The second-order valence-corrected chi connectivity index (χ2v) is 6.39. The third-order valence-electron chi connectivity index (χ3n) is 2.99. The number of esters is 1. The van der Waals surface area contributed by atoms with E-state index < -0.39 is 17.9 Å². The van der Waals surface area contributed by atoms with E-state index in [-0.39, 0.29) is 36.4 Å². The largest absolute Gasteiger partial charge is 0.480 e. The van der Waals surface area contributed by atoms with E-state index in [0.717, 1.165) is 0 Å². The summed E-state index contributed by atoms with van der Waals surface area (Å²) in [5, 5.41) is 8.39. The Balaban J connectivity index is 2.44. The molecule has 0 fully saturated rings. The molecule has 9 heteroatoms. The molecule has 0 heterocycles. The predicted octanol–water partition coefficient (Wildman–Crippen LogP) is 5.73. The zero-order valence-electron chi connectivity index (χ0n) is 11.5. The van der Waals surface area contributed by atoms with Gasteiger partial charge in [0.1, 0.15) is 10.0 Å². The van der Waals surface area contributed by atoms with Gasteiger partial charge in [0, 0.05) is 0 Å². The monoisotopic (exact) mass is 426 g/mol. The highest BCUT2D eigenvalue weighted by atomic mass is 35.5. The van der Waals surface area contributed by atoms with Gasteiger partial charge in [-0.2, -0.15) is 0 Å². The van der Waals surface area contributed by atoms with Gasteiger partial charge in [0.2, 0.25) is 0 Å². The fraction of sp³-hybridized carbons (Fsp3) is 0.0667. The summed E-state index contributed by atoms with van der Waals surface area (Å²) in [6, 6.07) is 7.82. The molecule has 0 saturated heterocycles. The number of halogens is 5. The zero-order valence-corrected chi connectivity index (χ0v) is 15.3. The first-order valence-electron chi connectivity index (χ1n) is 6.26. The van der Waals surface area contributed by atoms with Crippen molar-refractivity contribution in [2.24, 2.45) is 0 Å². The number of ether oxygens (including phenoxy) is 1. The summed E-state index contributed by atoms with van der Waals surface area (Å²) in [5.74, 6) is -4.44. The molecule has 1 N–H and O–H groups in total. The molecule has 0 aliphatic carbocycles. The molecule has 2 aromatic rings. The lowest BCUT2D eigenvalue weighted by Gasteiger charge is -2.15. The van der Waals surface area contributed by atoms with Crippen LogP contribution in [0.2, 0.25) is 25.1 Å². The van der Waals surface area contributed by atoms with Crippen molar-refractivity contribution in [3.63, 3.8) is 0 Å². The van der Waals surface area contributed by atoms with Gasteiger partial charge in [0.05, 0.1) is 15.1 Å². The number of carboxylic acid groups (broad SMARTS) is 1. The average molecular weight is 428 g/mol. The number of carbonyl (C=O) groups is 2. The first-order valence-corrected chi connectivity index (χ1v) is 8.15. The molecule has 0 radical (unpaired) electrons. The van der Waals surface area contributed by atoms with Crippen molar-refractivity contribution in [2.75, 3.05) is 0 Å². The van der Waals surface area contributed by atoms with Gasteiger partial charge in [0.15, 0.2) is 11.7 Å². The lowest BCUT2D eigenvalue weighted by molar-refractivity contribution is -0.148. The summed E-state index contributed by atoms with van der Waals surface area (Å²) in [6.07, 6.45) is 0. The molecule has 0 spiro atoms. The van der Waals surface area contributed by atoms with Gasteiger partial charge in [-0.05, 0) is 5.56 Å². The average Bonchev–Trinajstić information content (AvgIpc) is 2.56. The molecule has 0 aliphatic heterocycles. The van der Waals surface area contributed by atoms with Crippen molar-refractivity contribution in [1.82, 2.24) is 0 Å². The fourth-order valence-electron chi connectivity index (χ4n) is 1.86. The van der Waals surface area contributed by atoms with E-state index in [2.05, 4.69) is 0 Å². The molecule has 2 aromatic carbocycles. The number of carbonyl (C=O) groups excluding carboxylic acids is 1. The van der Waals surface area contributed by atoms with Crippen molar-refractivity contribution in [2.45, 2.75) is 5.92 Å². The van der Waals surface area contributed by atoms with E-state index in [1.165, 1.54) is 12.1 Å². The van der Waals surface area contributed by atoms with Gasteiger partial charge >= 0.3 is 11.9 Å². The highest BCUT2D eigenvalue weighted by Gasteiger charge is 2.32. The first kappa shape index (κ1) is 19.2. The van der Waals surface area contributed by atoms with Crippen LogP contribution >= 0.6 is 58.0 Å². The van der Waals surface area contributed by atoms with Crippen LogP contribution in [-0.4, -0.2) is 17.0 Å². The summed E-state index contributed by atoms with van der Waals surface area (Å²) in [7, 11) is 0. The Bertz CT molecular complexity index is 778. The standard InChI is InChI=1S/C15H7Cl5O4/c16-8-9(17)11(19)13(12(20)10(8)18)24-15(23)7(14(21)22)6-4-2-1-3-5-6/h1-5,7H,(H,21,22). The van der Waals surface area contributed by atoms with Gasteiger partial charge in [-0.1, -0.05) is 88.3 Å². The third-order valence-corrected chi connectivity index (χ3v) is 5.23. The Kier molecular flexibility index (Phi) is 6.23. The van der Waals surface area contributed by atoms with Crippen molar-refractivity contribution < 1.29 is 19.4 Å². The summed E-state index contributed by atoms with van der Waals surface area (Å²) in [4.78, 5) is 23.8. The van der Waals surface area contributed by atoms with E-state index in [1.807, 2.05) is 0 Å². The molecule has 4 nitrogen and oxygen atoms in total. The van der Waals surface area contributed by atoms with Crippen LogP contribution in [0.4, 0.5) is 0 Å². The second-order valence-electron chi connectivity index (χ2n) is 4.50. The highest BCUT2D eigenvalue weighted by Crippen LogP contribution is 2.48. The minimum Gasteiger partial charge on any atom is -0.480 e. The Labute approximate surface area is 161 Å². The van der Waals surface area contributed by atoms with Crippen molar-refractivity contribution in [3.8, 4) is 5.75 Å². The van der Waals surface area contributed by atoms with Gasteiger partial charge in [-0.15, -0.1) is 0 Å². The van der Waals surface area contributed by atoms with Gasteiger partial charge in [0.25, 0.3) is 0 Å². The van der Waals surface area contributed by atoms with E-state index in [9.17, 15) is 14.7 Å². The molecule has 24 heavy (non-hydrogen) atoms. The molecule has 126 valence electrons. The molecule has 0 aromatic heterocycles. The second kappa shape index (κ2) is 7.81. The van der Waals surface area contributed by atoms with Crippen molar-refractivity contribution in [1.29, 1.82) is 0 Å². The van der Waals surface area contributed by atoms with Crippen LogP contribution in [0, 0.1) is 0 Å². The maximum absolute atomic E-state index is 12.3. The van der Waals surface area contributed by atoms with Gasteiger partial charge < -0.3 is 9.84 Å². The minimum atomic E-state index is -1.58. The van der Waals surface area contributed by atoms with Crippen LogP contribution in [0.3, 0.4) is 0 Å². The van der Waals surface area contributed by atoms with Crippen LogP contribution in [0.25, 0.3) is 0 Å². The van der Waals surface area contributed by atoms with E-state index in [0.29, 0.717) is 0 Å². The molecule has 0 saturated carbocycles. The van der Waals surface area contributed by atoms with Gasteiger partial charge in [-0.25, -0.2) is 0 Å². The van der Waals surface area contributed by atoms with Crippen LogP contribution < -0.4 is 4.74 Å². The summed E-state index contributed by atoms with van der Waals surface area (Å²) >= 11 is 29.5. The highest BCUT2D eigenvalue weighted by molar-refractivity contribution is 6.55. The lowest BCUT2D eigenvalue weighted by atomic mass is 10.00. The maximum atomic E-state index is 12.3. The van der Waals surface area contributed by atoms with E-state index in [1.54, 1.807) is 18.2 Å². The predicted molar refractivity (Wildman–Crippen MR) is 93.9 cm³/mol. The number of benzene rings is 2. The van der Waals surface area contributed by atoms with Crippen molar-refractivity contribution >= 4 is 69.9 Å². The topological polar surface area (TPSA) is 63.6 Å². The minimum absolute atomic E-state index is 0.106. The van der Waals surface area contributed by atoms with Crippen LogP contribution in [0.15, 0.2) is 30.3 Å². The summed E-state index contributed by atoms with van der Waals surface area (Å²) < 4.78 is 5.06. The van der Waals surface area contributed by atoms with Gasteiger partial charge in [-0.3, -0.25) is 9.59 Å². The van der Waals surface area contributed by atoms with Crippen LogP contribution in [-0.2, 0) is 9.59 Å². The molecule has 2 rings (SSSR count). The molecular weight excluding hydrogens is 421 g/mol. The van der Waals surface area contributed by atoms with E-state index in [4.69, 9.17) is 62.7 Å². The smallest absolute Gasteiger partial charge is 0.330 e. The molecule has 1 atom stereocenters. The molecule has 0 amide bonds. The summed E-state index contributed by atoms with van der Waals surface area (Å²) in [5.41, 5.74) is 0.230. The molecule has 1 unspecified atom stereocenters. The normalized spacial score (nSPS) is 11.9. The Hall–Kier alpha value is -1.17. The van der Waals surface area contributed by atoms with Crippen molar-refractivity contribution in [3.05, 3.63) is 61.0 Å². The Morgan fingerprint density at radius 3 is 1.75 bits per heavy atom. The Morgan fingerprint density at radius 1 is 0.833 bits per heavy atom. The first-order chi connectivity index (χ1) is 11.3. The van der Waals surface area contributed by atoms with Crippen LogP contribution in [0.5, 0.6) is 5.75 Å². The Morgan fingerprint density at radius 2 is 1.29 bits per heavy atom. The quantitative estimate of drug-likeness (QED) is 0.222. The number of aliphatic carboxylic acids is 1. The number of hydrogen-bond donors (Lipinski definition) is 1. The third kappa shape index (κ3) is 3.73. The number of carboxylic acids is 1. The maximum Gasteiger partial charge on any atom is 0.330 e. The molecule has 0 bridgehead atoms. The van der Waals surface area contributed by atoms with E-state index >= 15 is 0 Å². The lowest BCUT2D eigenvalue weighted by Crippen LogP contribution is -2.26. The zero-order chi connectivity index (χ0) is 18.0. The number of rotatable bonds is 4. The van der Waals surface area contributed by atoms with Crippen LogP contribution in [0.1, 0.15) is 11.5 Å². The number of hydrogen-bond acceptors (Lipinski definition) is 3. The summed E-state index contributed by atoms with van der Waals surface area (Å²) in [6.45, 7) is 0. The fourth-order valence-corrected chi connectivity index (χ4v) is 3.06. The SMILES string of the molecule is O=C(O)C(C(=O)Oc1c(Cl)c(Cl)c(Cl)c(Cl)c1Cl)c1ccccc1. The molecular formula is C15H7Cl5O4. The molecule has 0 aliphatic rings.